The normalized spacial score (nSPS) is 13.3. The molecule has 42 heavy (non-hydrogen) atoms. The average Bonchev–Trinajstić information content (AvgIpc) is 3.01. The average molecular weight is 605 g/mol. The molecule has 0 aliphatic heterocycles. The van der Waals surface area contributed by atoms with Crippen molar-refractivity contribution in [2.75, 3.05) is 49.3 Å². The molecule has 0 aromatic heterocycles. The molecule has 2 atom stereocenters. The topological polar surface area (TPSA) is 81.7 Å². The summed E-state index contributed by atoms with van der Waals surface area (Å²) in [5.41, 5.74) is 0.442. The van der Waals surface area contributed by atoms with Gasteiger partial charge in [-0.3, -0.25) is 0 Å². The van der Waals surface area contributed by atoms with E-state index in [2.05, 4.69) is 20.4 Å². The highest BCUT2D eigenvalue weighted by atomic mass is 16.9. The number of ether oxygens (including phenoxy) is 7. The quantitative estimate of drug-likeness (QED) is 0.0399. The van der Waals surface area contributed by atoms with Crippen LogP contribution < -0.4 is 0 Å². The van der Waals surface area contributed by atoms with Crippen LogP contribution in [0.5, 0.6) is 0 Å². The lowest BCUT2D eigenvalue weighted by molar-refractivity contribution is -0.392. The summed E-state index contributed by atoms with van der Waals surface area (Å²) in [6.07, 6.45) is 18.6. The van der Waals surface area contributed by atoms with E-state index in [0.29, 0.717) is 18.1 Å². The fourth-order valence-corrected chi connectivity index (χ4v) is 5.07. The standard InChI is InChI=1S/C20H38O4.C14H30O4/c1-7-8-9-10-11-12-14-18(20(4,22-5)23-6)15-13-16-24-19(21)17(2)3;1-6-7-8-9-10-11-12-13(15-2)14(16-3,17-4)18-5/h18H,2,7-16H2,1,3-6H3;13H,6-12H2,1-5H3. The number of rotatable bonds is 27. The molecule has 252 valence electrons. The molecule has 0 radical (unpaired) electrons. The number of esters is 1. The molecule has 0 N–H and O–H groups in total. The van der Waals surface area contributed by atoms with E-state index in [1.807, 2.05) is 6.92 Å². The zero-order chi connectivity index (χ0) is 32.3. The maximum Gasteiger partial charge on any atom is 0.333 e. The number of carbonyl (C=O) groups excluding carboxylic acids is 1. The molecule has 8 heteroatoms. The Morgan fingerprint density at radius 2 is 1.07 bits per heavy atom. The lowest BCUT2D eigenvalue weighted by Crippen LogP contribution is -2.48. The van der Waals surface area contributed by atoms with Crippen molar-refractivity contribution >= 4 is 5.97 Å². The second kappa shape index (κ2) is 27.5. The Kier molecular flexibility index (Phi) is 28.2. The van der Waals surface area contributed by atoms with Crippen molar-refractivity contribution in [1.29, 1.82) is 0 Å². The van der Waals surface area contributed by atoms with Gasteiger partial charge in [0.1, 0.15) is 6.10 Å². The summed E-state index contributed by atoms with van der Waals surface area (Å²) in [6, 6.07) is 0. The Balaban J connectivity index is 0. The van der Waals surface area contributed by atoms with E-state index in [9.17, 15) is 4.79 Å². The largest absolute Gasteiger partial charge is 0.462 e. The van der Waals surface area contributed by atoms with E-state index >= 15 is 0 Å². The number of carbonyl (C=O) groups is 1. The molecule has 2 unspecified atom stereocenters. The summed E-state index contributed by atoms with van der Waals surface area (Å²) in [5, 5.41) is 0. The summed E-state index contributed by atoms with van der Waals surface area (Å²) in [6.45, 7) is 12.1. The molecule has 0 spiro atoms. The van der Waals surface area contributed by atoms with Crippen LogP contribution in [0.1, 0.15) is 130 Å². The summed E-state index contributed by atoms with van der Waals surface area (Å²) < 4.78 is 37.8. The van der Waals surface area contributed by atoms with E-state index in [1.54, 1.807) is 49.6 Å². The van der Waals surface area contributed by atoms with Crippen LogP contribution in [0.2, 0.25) is 0 Å². The van der Waals surface area contributed by atoms with Gasteiger partial charge in [0, 0.05) is 54.1 Å². The SMILES string of the molecule is C=C(C)C(=O)OCCCC(CCCCCCCC)C(C)(OC)OC.CCCCCCCCC(OC)C(OC)(OC)OC. The predicted octanol–water partition coefficient (Wildman–Crippen LogP) is 8.61. The zero-order valence-corrected chi connectivity index (χ0v) is 29.1. The van der Waals surface area contributed by atoms with Gasteiger partial charge < -0.3 is 33.2 Å². The molecule has 0 aliphatic carbocycles. The van der Waals surface area contributed by atoms with Gasteiger partial charge in [0.05, 0.1) is 6.61 Å². The maximum atomic E-state index is 11.4. The van der Waals surface area contributed by atoms with Crippen molar-refractivity contribution in [3.05, 3.63) is 12.2 Å². The van der Waals surface area contributed by atoms with Crippen molar-refractivity contribution < 1.29 is 38.0 Å². The Hall–Kier alpha value is -1.03. The first-order valence-corrected chi connectivity index (χ1v) is 16.2. The molecule has 0 saturated heterocycles. The second-order valence-electron chi connectivity index (χ2n) is 11.2. The smallest absolute Gasteiger partial charge is 0.333 e. The monoisotopic (exact) mass is 604 g/mol. The molecule has 0 aliphatic rings. The fraction of sp³-hybridized carbons (Fsp3) is 0.912. The molecule has 0 saturated carbocycles. The van der Waals surface area contributed by atoms with Crippen LogP contribution in [0, 0.1) is 5.92 Å². The minimum Gasteiger partial charge on any atom is -0.462 e. The van der Waals surface area contributed by atoms with E-state index in [0.717, 1.165) is 32.1 Å². The van der Waals surface area contributed by atoms with Crippen molar-refractivity contribution in [3.63, 3.8) is 0 Å². The first-order chi connectivity index (χ1) is 20.1. The maximum absolute atomic E-state index is 11.4. The highest BCUT2D eigenvalue weighted by Crippen LogP contribution is 2.31. The molecular formula is C34H68O8. The van der Waals surface area contributed by atoms with E-state index < -0.39 is 11.8 Å². The molecule has 0 fully saturated rings. The van der Waals surface area contributed by atoms with Crippen molar-refractivity contribution in [1.82, 2.24) is 0 Å². The third-order valence-electron chi connectivity index (χ3n) is 8.09. The van der Waals surface area contributed by atoms with Crippen LogP contribution in [-0.2, 0) is 38.0 Å². The van der Waals surface area contributed by atoms with E-state index in [4.69, 9.17) is 33.2 Å². The van der Waals surface area contributed by atoms with E-state index in [1.165, 1.54) is 70.6 Å². The molecular weight excluding hydrogens is 536 g/mol. The number of hydrogen-bond donors (Lipinski definition) is 0. The number of methoxy groups -OCH3 is 6. The Morgan fingerprint density at radius 1 is 0.643 bits per heavy atom. The van der Waals surface area contributed by atoms with Gasteiger partial charge in [0.15, 0.2) is 5.79 Å². The summed E-state index contributed by atoms with van der Waals surface area (Å²) >= 11 is 0. The molecule has 8 nitrogen and oxygen atoms in total. The fourth-order valence-electron chi connectivity index (χ4n) is 5.07. The lowest BCUT2D eigenvalue weighted by atomic mass is 9.88. The third-order valence-corrected chi connectivity index (χ3v) is 8.09. The van der Waals surface area contributed by atoms with Gasteiger partial charge in [-0.25, -0.2) is 4.79 Å². The highest BCUT2D eigenvalue weighted by Gasteiger charge is 2.40. The van der Waals surface area contributed by atoms with Gasteiger partial charge in [-0.15, -0.1) is 0 Å². The van der Waals surface area contributed by atoms with Crippen LogP contribution in [0.25, 0.3) is 0 Å². The Morgan fingerprint density at radius 3 is 1.48 bits per heavy atom. The van der Waals surface area contributed by atoms with Crippen LogP contribution >= 0.6 is 0 Å². The van der Waals surface area contributed by atoms with Crippen molar-refractivity contribution in [3.8, 4) is 0 Å². The number of unbranched alkanes of at least 4 members (excludes halogenated alkanes) is 10. The molecule has 0 bridgehead atoms. The highest BCUT2D eigenvalue weighted by molar-refractivity contribution is 5.86. The Bertz CT molecular complexity index is 623. The van der Waals surface area contributed by atoms with Crippen molar-refractivity contribution in [2.45, 2.75) is 148 Å². The predicted molar refractivity (Wildman–Crippen MR) is 171 cm³/mol. The molecule has 0 heterocycles. The molecule has 0 aromatic carbocycles. The summed E-state index contributed by atoms with van der Waals surface area (Å²) in [4.78, 5) is 11.4. The van der Waals surface area contributed by atoms with Gasteiger partial charge >= 0.3 is 11.9 Å². The van der Waals surface area contributed by atoms with Gasteiger partial charge in [-0.2, -0.15) is 0 Å². The van der Waals surface area contributed by atoms with Gasteiger partial charge in [-0.05, 0) is 39.5 Å². The molecule has 0 rings (SSSR count). The van der Waals surface area contributed by atoms with Gasteiger partial charge in [0.2, 0.25) is 0 Å². The Labute approximate surface area is 259 Å². The lowest BCUT2D eigenvalue weighted by Gasteiger charge is -2.35. The minimum absolute atomic E-state index is 0.205. The van der Waals surface area contributed by atoms with Crippen LogP contribution in [0.4, 0.5) is 0 Å². The second-order valence-corrected chi connectivity index (χ2v) is 11.2. The van der Waals surface area contributed by atoms with Crippen LogP contribution in [-0.4, -0.2) is 73.1 Å². The molecule has 0 aromatic rings. The summed E-state index contributed by atoms with van der Waals surface area (Å²) in [5.74, 6) is -1.69. The first kappa shape index (κ1) is 43.1. The van der Waals surface area contributed by atoms with Gasteiger partial charge in [-0.1, -0.05) is 97.5 Å². The van der Waals surface area contributed by atoms with Gasteiger partial charge in [0.25, 0.3) is 0 Å². The minimum atomic E-state index is -1.09. The van der Waals surface area contributed by atoms with E-state index in [-0.39, 0.29) is 12.1 Å². The zero-order valence-electron chi connectivity index (χ0n) is 29.1. The van der Waals surface area contributed by atoms with Crippen LogP contribution in [0.3, 0.4) is 0 Å². The molecule has 0 amide bonds. The number of hydrogen-bond acceptors (Lipinski definition) is 8. The van der Waals surface area contributed by atoms with Crippen molar-refractivity contribution in [2.24, 2.45) is 5.92 Å². The first-order valence-electron chi connectivity index (χ1n) is 16.2. The third kappa shape index (κ3) is 18.6. The summed E-state index contributed by atoms with van der Waals surface area (Å²) in [7, 11) is 9.76. The van der Waals surface area contributed by atoms with Crippen LogP contribution in [0.15, 0.2) is 12.2 Å².